The molecule has 5 nitrogen and oxygen atoms in total. The summed E-state index contributed by atoms with van der Waals surface area (Å²) in [6.45, 7) is 4.79. The highest BCUT2D eigenvalue weighted by Gasteiger charge is 2.46. The van der Waals surface area contributed by atoms with Gasteiger partial charge in [0, 0.05) is 30.9 Å². The molecule has 1 aromatic carbocycles. The molecule has 0 saturated carbocycles. The highest BCUT2D eigenvalue weighted by molar-refractivity contribution is 7.80. The molecule has 2 bridgehead atoms. The third-order valence-electron chi connectivity index (χ3n) is 7.71. The van der Waals surface area contributed by atoms with Crippen molar-refractivity contribution in [2.24, 2.45) is 11.8 Å². The number of nitrogens with one attached hydrogen (secondary N) is 1. The Bertz CT molecular complexity index is 872. The van der Waals surface area contributed by atoms with Gasteiger partial charge in [0.15, 0.2) is 16.6 Å². The third-order valence-corrected chi connectivity index (χ3v) is 8.05. The molecular formula is C24H31N3O2S. The van der Waals surface area contributed by atoms with Crippen LogP contribution in [-0.2, 0) is 0 Å². The van der Waals surface area contributed by atoms with Crippen molar-refractivity contribution in [1.82, 2.24) is 9.80 Å². The van der Waals surface area contributed by atoms with Crippen LogP contribution in [0.5, 0.6) is 11.5 Å². The van der Waals surface area contributed by atoms with E-state index in [4.69, 9.17) is 21.7 Å². The highest BCUT2D eigenvalue weighted by atomic mass is 32.1. The monoisotopic (exact) mass is 425 g/mol. The molecule has 0 amide bonds. The minimum absolute atomic E-state index is 0.468. The van der Waals surface area contributed by atoms with Gasteiger partial charge < -0.3 is 19.7 Å². The number of likely N-dealkylation sites (tertiary alicyclic amines) is 1. The van der Waals surface area contributed by atoms with Crippen LogP contribution >= 0.6 is 12.2 Å². The van der Waals surface area contributed by atoms with E-state index in [1.54, 1.807) is 5.57 Å². The van der Waals surface area contributed by atoms with E-state index in [9.17, 15) is 0 Å². The second-order valence-electron chi connectivity index (χ2n) is 9.49. The Balaban J connectivity index is 1.23. The molecule has 4 atom stereocenters. The van der Waals surface area contributed by atoms with E-state index < -0.39 is 0 Å². The summed E-state index contributed by atoms with van der Waals surface area (Å²) in [5.41, 5.74) is 2.63. The second-order valence-corrected chi connectivity index (χ2v) is 9.88. The first-order chi connectivity index (χ1) is 14.8. The van der Waals surface area contributed by atoms with Gasteiger partial charge in [-0.05, 0) is 74.8 Å². The van der Waals surface area contributed by atoms with E-state index in [1.165, 1.54) is 51.6 Å². The molecule has 1 aliphatic carbocycles. The van der Waals surface area contributed by atoms with Crippen molar-refractivity contribution < 1.29 is 9.47 Å². The molecule has 160 valence electrons. The molecule has 4 aliphatic heterocycles. The van der Waals surface area contributed by atoms with Crippen LogP contribution in [0.4, 0.5) is 5.69 Å². The maximum atomic E-state index is 5.94. The molecule has 0 spiro atoms. The summed E-state index contributed by atoms with van der Waals surface area (Å²) in [6.07, 6.45) is 10.6. The average Bonchev–Trinajstić information content (AvgIpc) is 2.78. The quantitative estimate of drug-likeness (QED) is 0.540. The summed E-state index contributed by atoms with van der Waals surface area (Å²) >= 11 is 5.94. The van der Waals surface area contributed by atoms with Crippen LogP contribution in [0.3, 0.4) is 0 Å². The zero-order chi connectivity index (χ0) is 20.1. The fourth-order valence-electron chi connectivity index (χ4n) is 6.52. The van der Waals surface area contributed by atoms with Crippen molar-refractivity contribution >= 4 is 23.0 Å². The normalized spacial score (nSPS) is 32.5. The van der Waals surface area contributed by atoms with Crippen LogP contribution in [0.25, 0.3) is 0 Å². The van der Waals surface area contributed by atoms with Crippen molar-refractivity contribution in [3.05, 3.63) is 29.8 Å². The summed E-state index contributed by atoms with van der Waals surface area (Å²) < 4.78 is 11.4. The number of rotatable bonds is 1. The standard InChI is InChI=1S/C24H31N3O2S/c30-24(25-19-6-7-21-22(14-19)29-11-10-28-21)27-9-3-4-16-12-17-13-18(23(16)27)15-26-8-2-1-5-20(17)26/h6-7,12,14,17-18,20,23H,1-5,8-11,13,15H2,(H,25,30)/t17-,18-,20+,23+/m0/s1. The lowest BCUT2D eigenvalue weighted by atomic mass is 9.68. The summed E-state index contributed by atoms with van der Waals surface area (Å²) in [7, 11) is 0. The van der Waals surface area contributed by atoms with Crippen molar-refractivity contribution in [1.29, 1.82) is 0 Å². The van der Waals surface area contributed by atoms with E-state index in [2.05, 4.69) is 21.2 Å². The van der Waals surface area contributed by atoms with Gasteiger partial charge in [0.1, 0.15) is 13.2 Å². The Morgan fingerprint density at radius 2 is 1.97 bits per heavy atom. The molecule has 4 heterocycles. The van der Waals surface area contributed by atoms with Crippen molar-refractivity contribution in [2.75, 3.05) is 38.2 Å². The number of ether oxygens (including phenoxy) is 2. The minimum Gasteiger partial charge on any atom is -0.486 e. The third kappa shape index (κ3) is 3.28. The van der Waals surface area contributed by atoms with Crippen LogP contribution in [0.15, 0.2) is 29.8 Å². The predicted octanol–water partition coefficient (Wildman–Crippen LogP) is 4.05. The number of hydrogen-bond donors (Lipinski definition) is 1. The molecule has 0 unspecified atom stereocenters. The molecule has 0 aromatic heterocycles. The fraction of sp³-hybridized carbons (Fsp3) is 0.625. The van der Waals surface area contributed by atoms with E-state index in [-0.39, 0.29) is 0 Å². The summed E-state index contributed by atoms with van der Waals surface area (Å²) in [5, 5.41) is 4.35. The first-order valence-corrected chi connectivity index (χ1v) is 12.1. The number of nitrogens with zero attached hydrogens (tertiary/aromatic N) is 2. The fourth-order valence-corrected chi connectivity index (χ4v) is 6.84. The summed E-state index contributed by atoms with van der Waals surface area (Å²) in [5.74, 6) is 3.08. The smallest absolute Gasteiger partial charge is 0.173 e. The zero-order valence-electron chi connectivity index (χ0n) is 17.5. The maximum Gasteiger partial charge on any atom is 0.173 e. The molecule has 6 rings (SSSR count). The maximum absolute atomic E-state index is 5.94. The van der Waals surface area contributed by atoms with Gasteiger partial charge in [-0.15, -0.1) is 0 Å². The van der Waals surface area contributed by atoms with Gasteiger partial charge >= 0.3 is 0 Å². The van der Waals surface area contributed by atoms with Crippen LogP contribution in [0, 0.1) is 11.8 Å². The molecule has 3 saturated heterocycles. The largest absolute Gasteiger partial charge is 0.486 e. The SMILES string of the molecule is S=C(Nc1ccc2c(c1)OCCO2)N1CCCC2=C[C@H]3C[C@@H](CN4CCCC[C@H]34)[C@@H]21. The Labute approximate surface area is 184 Å². The Kier molecular flexibility index (Phi) is 4.87. The van der Waals surface area contributed by atoms with Gasteiger partial charge in [-0.25, -0.2) is 0 Å². The lowest BCUT2D eigenvalue weighted by Gasteiger charge is -2.55. The molecule has 5 aliphatic rings. The van der Waals surface area contributed by atoms with Crippen LogP contribution in [-0.4, -0.2) is 59.8 Å². The van der Waals surface area contributed by atoms with Gasteiger partial charge in [-0.1, -0.05) is 18.1 Å². The summed E-state index contributed by atoms with van der Waals surface area (Å²) in [6, 6.07) is 7.29. The van der Waals surface area contributed by atoms with Gasteiger partial charge in [0.05, 0.1) is 6.04 Å². The Morgan fingerprint density at radius 1 is 1.07 bits per heavy atom. The van der Waals surface area contributed by atoms with E-state index in [0.29, 0.717) is 25.2 Å². The van der Waals surface area contributed by atoms with Gasteiger partial charge in [0.2, 0.25) is 0 Å². The predicted molar refractivity (Wildman–Crippen MR) is 122 cm³/mol. The van der Waals surface area contributed by atoms with E-state index >= 15 is 0 Å². The Morgan fingerprint density at radius 3 is 2.90 bits per heavy atom. The Hall–Kier alpha value is -1.79. The number of anilines is 1. The number of piperidine rings is 3. The van der Waals surface area contributed by atoms with Crippen LogP contribution < -0.4 is 14.8 Å². The highest BCUT2D eigenvalue weighted by Crippen LogP contribution is 2.45. The molecule has 0 radical (unpaired) electrons. The lowest BCUT2D eigenvalue weighted by Crippen LogP contribution is -2.60. The molecule has 3 fully saturated rings. The average molecular weight is 426 g/mol. The molecule has 1 aromatic rings. The molecule has 30 heavy (non-hydrogen) atoms. The van der Waals surface area contributed by atoms with E-state index in [1.807, 2.05) is 18.2 Å². The first kappa shape index (κ1) is 18.9. The van der Waals surface area contributed by atoms with Crippen molar-refractivity contribution in [3.63, 3.8) is 0 Å². The van der Waals surface area contributed by atoms with Gasteiger partial charge in [0.25, 0.3) is 0 Å². The van der Waals surface area contributed by atoms with Gasteiger partial charge in [-0.3, -0.25) is 4.90 Å². The van der Waals surface area contributed by atoms with E-state index in [0.717, 1.165) is 40.8 Å². The number of fused-ring (bicyclic) bond motifs is 7. The zero-order valence-corrected chi connectivity index (χ0v) is 18.3. The minimum atomic E-state index is 0.468. The first-order valence-electron chi connectivity index (χ1n) is 11.7. The van der Waals surface area contributed by atoms with Crippen molar-refractivity contribution in [3.8, 4) is 11.5 Å². The second kappa shape index (κ2) is 7.72. The summed E-state index contributed by atoms with van der Waals surface area (Å²) in [4.78, 5) is 5.27. The number of hydrogen-bond acceptors (Lipinski definition) is 4. The van der Waals surface area contributed by atoms with Crippen LogP contribution in [0.1, 0.15) is 38.5 Å². The lowest BCUT2D eigenvalue weighted by molar-refractivity contribution is 0.0132. The number of thiocarbonyl (C=S) groups is 1. The molecule has 1 N–H and O–H groups in total. The molecule has 6 heteroatoms. The number of benzene rings is 1. The van der Waals surface area contributed by atoms with Crippen molar-refractivity contribution in [2.45, 2.75) is 50.6 Å². The molecular weight excluding hydrogens is 394 g/mol. The topological polar surface area (TPSA) is 37.0 Å². The van der Waals surface area contributed by atoms with Crippen LogP contribution in [0.2, 0.25) is 0 Å². The van der Waals surface area contributed by atoms with Gasteiger partial charge in [-0.2, -0.15) is 0 Å².